The van der Waals surface area contributed by atoms with Gasteiger partial charge in [0, 0.05) is 10.7 Å². The van der Waals surface area contributed by atoms with Crippen LogP contribution in [-0.2, 0) is 14.3 Å². The number of amides is 1. The number of aromatic carboxylic acids is 1. The Labute approximate surface area is 187 Å². The van der Waals surface area contributed by atoms with Gasteiger partial charge in [-0.3, -0.25) is 9.59 Å². The van der Waals surface area contributed by atoms with Crippen LogP contribution in [0.15, 0.2) is 66.7 Å². The van der Waals surface area contributed by atoms with Gasteiger partial charge in [-0.15, -0.1) is 0 Å². The molecule has 0 saturated carbocycles. The van der Waals surface area contributed by atoms with Crippen LogP contribution in [0.3, 0.4) is 0 Å². The molecular weight excluding hydrogens is 439 g/mol. The summed E-state index contributed by atoms with van der Waals surface area (Å²) < 4.78 is 17.9. The van der Waals surface area contributed by atoms with Gasteiger partial charge in [0.2, 0.25) is 0 Å². The highest BCUT2D eigenvalue weighted by molar-refractivity contribution is 6.31. The Bertz CT molecular complexity index is 1130. The van der Waals surface area contributed by atoms with E-state index < -0.39 is 24.5 Å². The van der Waals surface area contributed by atoms with Crippen LogP contribution >= 0.6 is 11.6 Å². The van der Waals surface area contributed by atoms with Crippen molar-refractivity contribution in [1.29, 1.82) is 0 Å². The Balaban J connectivity index is 1.46. The molecule has 1 amide bonds. The Morgan fingerprint density at radius 1 is 0.938 bits per heavy atom. The highest BCUT2D eigenvalue weighted by Crippen LogP contribution is 2.22. The molecule has 0 atom stereocenters. The SMILES string of the molecule is O=C(COC(=O)CNc1ccc(-c2ccc(F)cc2)cc1)Nc1ccc(Cl)cc1C(=O)O. The van der Waals surface area contributed by atoms with Gasteiger partial charge in [0.05, 0.1) is 11.3 Å². The summed E-state index contributed by atoms with van der Waals surface area (Å²) in [4.78, 5) is 35.1. The van der Waals surface area contributed by atoms with E-state index in [0.717, 1.165) is 11.1 Å². The van der Waals surface area contributed by atoms with Crippen molar-refractivity contribution in [3.63, 3.8) is 0 Å². The molecule has 3 aromatic rings. The first kappa shape index (κ1) is 22.8. The van der Waals surface area contributed by atoms with Crippen LogP contribution in [-0.4, -0.2) is 36.1 Å². The molecule has 3 N–H and O–H groups in total. The number of carboxylic acids is 1. The predicted octanol–water partition coefficient (Wildman–Crippen LogP) is 4.44. The number of nitrogens with one attached hydrogen (secondary N) is 2. The highest BCUT2D eigenvalue weighted by Gasteiger charge is 2.14. The molecule has 164 valence electrons. The van der Waals surface area contributed by atoms with E-state index in [1.165, 1.54) is 30.3 Å². The van der Waals surface area contributed by atoms with Gasteiger partial charge in [-0.25, -0.2) is 9.18 Å². The summed E-state index contributed by atoms with van der Waals surface area (Å²) in [5, 5.41) is 14.6. The quantitative estimate of drug-likeness (QED) is 0.433. The molecule has 32 heavy (non-hydrogen) atoms. The van der Waals surface area contributed by atoms with Crippen molar-refractivity contribution in [2.45, 2.75) is 0 Å². The summed E-state index contributed by atoms with van der Waals surface area (Å²) in [5.41, 5.74) is 2.27. The van der Waals surface area contributed by atoms with Crippen molar-refractivity contribution in [3.05, 3.63) is 83.1 Å². The van der Waals surface area contributed by atoms with Crippen LogP contribution in [0.25, 0.3) is 11.1 Å². The van der Waals surface area contributed by atoms with Gasteiger partial charge in [-0.2, -0.15) is 0 Å². The second-order valence-electron chi connectivity index (χ2n) is 6.64. The lowest BCUT2D eigenvalue weighted by atomic mass is 10.1. The lowest BCUT2D eigenvalue weighted by molar-refractivity contribution is -0.145. The summed E-state index contributed by atoms with van der Waals surface area (Å²) in [6.45, 7) is -0.754. The first-order valence-corrected chi connectivity index (χ1v) is 9.78. The zero-order valence-electron chi connectivity index (χ0n) is 16.6. The number of halogens is 2. The molecule has 0 spiro atoms. The number of carboxylic acid groups (broad SMARTS) is 1. The summed E-state index contributed by atoms with van der Waals surface area (Å²) in [5.74, 6) is -2.92. The number of anilines is 2. The summed E-state index contributed by atoms with van der Waals surface area (Å²) in [6.07, 6.45) is 0. The molecular formula is C23H18ClFN2O5. The van der Waals surface area contributed by atoms with Crippen LogP contribution < -0.4 is 10.6 Å². The average molecular weight is 457 g/mol. The Kier molecular flexibility index (Phi) is 7.41. The maximum atomic E-state index is 13.0. The zero-order chi connectivity index (χ0) is 23.1. The summed E-state index contributed by atoms with van der Waals surface area (Å²) >= 11 is 5.76. The fraction of sp³-hybridized carbons (Fsp3) is 0.0870. The minimum absolute atomic E-state index is 0.0438. The van der Waals surface area contributed by atoms with Gasteiger partial charge < -0.3 is 20.5 Å². The number of carbonyl (C=O) groups is 3. The van der Waals surface area contributed by atoms with Crippen molar-refractivity contribution in [2.24, 2.45) is 0 Å². The van der Waals surface area contributed by atoms with Crippen LogP contribution in [0.4, 0.5) is 15.8 Å². The van der Waals surface area contributed by atoms with E-state index in [9.17, 15) is 23.9 Å². The fourth-order valence-corrected chi connectivity index (χ4v) is 2.95. The highest BCUT2D eigenvalue weighted by atomic mass is 35.5. The molecule has 0 fully saturated rings. The molecule has 0 saturated heterocycles. The van der Waals surface area contributed by atoms with Crippen molar-refractivity contribution >= 4 is 40.8 Å². The molecule has 0 bridgehead atoms. The number of esters is 1. The van der Waals surface area contributed by atoms with E-state index in [-0.39, 0.29) is 28.6 Å². The lowest BCUT2D eigenvalue weighted by Crippen LogP contribution is -2.25. The zero-order valence-corrected chi connectivity index (χ0v) is 17.4. The number of hydrogen-bond donors (Lipinski definition) is 3. The van der Waals surface area contributed by atoms with Gasteiger partial charge in [0.1, 0.15) is 12.4 Å². The van der Waals surface area contributed by atoms with Gasteiger partial charge in [-0.05, 0) is 53.6 Å². The van der Waals surface area contributed by atoms with Gasteiger partial charge in [-0.1, -0.05) is 35.9 Å². The number of carbonyl (C=O) groups excluding carboxylic acids is 2. The van der Waals surface area contributed by atoms with Crippen LogP contribution in [0.1, 0.15) is 10.4 Å². The molecule has 0 aliphatic rings. The minimum Gasteiger partial charge on any atom is -0.478 e. The van der Waals surface area contributed by atoms with E-state index in [1.807, 2.05) is 12.1 Å². The Hall–Kier alpha value is -3.91. The van der Waals surface area contributed by atoms with E-state index in [2.05, 4.69) is 10.6 Å². The van der Waals surface area contributed by atoms with Crippen molar-refractivity contribution < 1.29 is 28.6 Å². The second-order valence-corrected chi connectivity index (χ2v) is 7.08. The topological polar surface area (TPSA) is 105 Å². The van der Waals surface area contributed by atoms with Crippen LogP contribution in [0.5, 0.6) is 0 Å². The third-order valence-electron chi connectivity index (χ3n) is 4.35. The first-order chi connectivity index (χ1) is 15.3. The minimum atomic E-state index is -1.26. The third kappa shape index (κ3) is 6.29. The largest absolute Gasteiger partial charge is 0.478 e. The molecule has 0 aromatic heterocycles. The van der Waals surface area contributed by atoms with Gasteiger partial charge >= 0.3 is 11.9 Å². The number of hydrogen-bond acceptors (Lipinski definition) is 5. The monoisotopic (exact) mass is 456 g/mol. The molecule has 0 heterocycles. The smallest absolute Gasteiger partial charge is 0.337 e. The van der Waals surface area contributed by atoms with E-state index in [0.29, 0.717) is 5.69 Å². The van der Waals surface area contributed by atoms with Crippen LogP contribution in [0, 0.1) is 5.82 Å². The Morgan fingerprint density at radius 3 is 2.19 bits per heavy atom. The van der Waals surface area contributed by atoms with Crippen molar-refractivity contribution in [2.75, 3.05) is 23.8 Å². The van der Waals surface area contributed by atoms with Gasteiger partial charge in [0.25, 0.3) is 5.91 Å². The average Bonchev–Trinajstić information content (AvgIpc) is 2.78. The van der Waals surface area contributed by atoms with Crippen molar-refractivity contribution in [3.8, 4) is 11.1 Å². The first-order valence-electron chi connectivity index (χ1n) is 9.40. The van der Waals surface area contributed by atoms with Crippen molar-refractivity contribution in [1.82, 2.24) is 0 Å². The molecule has 3 rings (SSSR count). The van der Waals surface area contributed by atoms with Crippen LogP contribution in [0.2, 0.25) is 5.02 Å². The summed E-state index contributed by atoms with van der Waals surface area (Å²) in [7, 11) is 0. The molecule has 3 aromatic carbocycles. The molecule has 0 radical (unpaired) electrons. The number of rotatable bonds is 8. The molecule has 0 unspecified atom stereocenters. The fourth-order valence-electron chi connectivity index (χ4n) is 2.78. The summed E-state index contributed by atoms with van der Waals surface area (Å²) in [6, 6.07) is 17.2. The molecule has 0 aliphatic heterocycles. The Morgan fingerprint density at radius 2 is 1.56 bits per heavy atom. The molecule has 7 nitrogen and oxygen atoms in total. The van der Waals surface area contributed by atoms with E-state index in [1.54, 1.807) is 24.3 Å². The second kappa shape index (κ2) is 10.4. The lowest BCUT2D eigenvalue weighted by Gasteiger charge is -2.10. The standard InChI is InChI=1S/C23H18ClFN2O5/c24-16-5-10-20(19(11-16)23(30)31)27-21(28)13-32-22(29)12-26-18-8-3-15(4-9-18)14-1-6-17(25)7-2-14/h1-11,26H,12-13H2,(H,27,28)(H,30,31). The van der Waals surface area contributed by atoms with E-state index >= 15 is 0 Å². The van der Waals surface area contributed by atoms with E-state index in [4.69, 9.17) is 16.3 Å². The third-order valence-corrected chi connectivity index (χ3v) is 4.58. The van der Waals surface area contributed by atoms with Gasteiger partial charge in [0.15, 0.2) is 6.61 Å². The molecule has 9 heteroatoms. The molecule has 0 aliphatic carbocycles. The maximum Gasteiger partial charge on any atom is 0.337 e. The predicted molar refractivity (Wildman–Crippen MR) is 118 cm³/mol. The number of ether oxygens (including phenoxy) is 1. The maximum absolute atomic E-state index is 13.0. The number of benzene rings is 3. The normalized spacial score (nSPS) is 10.3.